The maximum absolute atomic E-state index is 12.5. The first-order valence-corrected chi connectivity index (χ1v) is 8.61. The van der Waals surface area contributed by atoms with E-state index in [-0.39, 0.29) is 5.91 Å². The Morgan fingerprint density at radius 1 is 0.917 bits per heavy atom. The molecule has 120 valence electrons. The molecule has 0 radical (unpaired) electrons. The Balaban J connectivity index is 1.83. The average Bonchev–Trinajstić information content (AvgIpc) is 2.59. The van der Waals surface area contributed by atoms with Crippen molar-refractivity contribution in [3.63, 3.8) is 0 Å². The Hall–Kier alpha value is -2.34. The van der Waals surface area contributed by atoms with E-state index in [1.54, 1.807) is 6.07 Å². The molecule has 0 unspecified atom stereocenters. The lowest BCUT2D eigenvalue weighted by atomic mass is 10.2. The Morgan fingerprint density at radius 2 is 1.58 bits per heavy atom. The fourth-order valence-corrected chi connectivity index (χ4v) is 2.86. The zero-order chi connectivity index (χ0) is 16.9. The molecule has 3 rings (SSSR count). The van der Waals surface area contributed by atoms with Gasteiger partial charge in [0.05, 0.1) is 11.3 Å². The number of para-hydroxylation sites is 2. The van der Waals surface area contributed by atoms with Gasteiger partial charge in [0, 0.05) is 3.57 Å². The number of carbonyl (C=O) groups excluding carboxylic acids is 1. The summed E-state index contributed by atoms with van der Waals surface area (Å²) in [5.74, 6) is 1.19. The molecule has 0 bridgehead atoms. The fraction of sp³-hybridized carbons (Fsp3) is 0.0500. The van der Waals surface area contributed by atoms with Gasteiger partial charge >= 0.3 is 0 Å². The molecule has 0 aliphatic rings. The minimum atomic E-state index is -0.153. The molecule has 3 aromatic carbocycles. The number of hydrogen-bond acceptors (Lipinski definition) is 2. The first-order valence-electron chi connectivity index (χ1n) is 7.53. The van der Waals surface area contributed by atoms with Gasteiger partial charge in [0.1, 0.15) is 5.75 Å². The minimum absolute atomic E-state index is 0.153. The number of carbonyl (C=O) groups is 1. The van der Waals surface area contributed by atoms with Gasteiger partial charge in [-0.1, -0.05) is 42.0 Å². The Morgan fingerprint density at radius 3 is 2.33 bits per heavy atom. The molecular weight excluding hydrogens is 413 g/mol. The lowest BCUT2D eigenvalue weighted by molar-refractivity contribution is 0.102. The van der Waals surface area contributed by atoms with Crippen molar-refractivity contribution in [2.24, 2.45) is 0 Å². The van der Waals surface area contributed by atoms with Crippen molar-refractivity contribution in [2.75, 3.05) is 5.32 Å². The molecule has 1 amide bonds. The normalized spacial score (nSPS) is 10.2. The van der Waals surface area contributed by atoms with Crippen LogP contribution in [0.2, 0.25) is 0 Å². The van der Waals surface area contributed by atoms with E-state index in [0.29, 0.717) is 17.0 Å². The second kappa shape index (κ2) is 7.49. The SMILES string of the molecule is Cc1ccc(Oc2ccccc2NC(=O)c2ccccc2I)cc1. The molecule has 0 spiro atoms. The summed E-state index contributed by atoms with van der Waals surface area (Å²) in [6, 6.07) is 22.7. The highest BCUT2D eigenvalue weighted by atomic mass is 127. The first-order chi connectivity index (χ1) is 11.6. The number of nitrogens with one attached hydrogen (secondary N) is 1. The van der Waals surface area contributed by atoms with Crippen molar-refractivity contribution in [2.45, 2.75) is 6.92 Å². The molecule has 0 atom stereocenters. The predicted molar refractivity (Wildman–Crippen MR) is 105 cm³/mol. The topological polar surface area (TPSA) is 38.3 Å². The van der Waals surface area contributed by atoms with Gasteiger partial charge in [0.25, 0.3) is 5.91 Å². The third-order valence-electron chi connectivity index (χ3n) is 3.50. The Bertz CT molecular complexity index is 860. The molecule has 0 aromatic heterocycles. The Labute approximate surface area is 154 Å². The summed E-state index contributed by atoms with van der Waals surface area (Å²) in [4.78, 5) is 12.5. The third kappa shape index (κ3) is 3.94. The average molecular weight is 429 g/mol. The van der Waals surface area contributed by atoms with Gasteiger partial charge in [-0.15, -0.1) is 0 Å². The lowest BCUT2D eigenvalue weighted by Gasteiger charge is -2.13. The summed E-state index contributed by atoms with van der Waals surface area (Å²) >= 11 is 2.16. The van der Waals surface area contributed by atoms with Gasteiger partial charge in [-0.05, 0) is 65.9 Å². The standard InChI is InChI=1S/C20H16INO2/c1-14-10-12-15(13-11-14)24-19-9-5-4-8-18(19)22-20(23)16-6-2-3-7-17(16)21/h2-13H,1H3,(H,22,23). The smallest absolute Gasteiger partial charge is 0.256 e. The van der Waals surface area contributed by atoms with Crippen LogP contribution in [0, 0.1) is 10.5 Å². The van der Waals surface area contributed by atoms with Gasteiger partial charge in [-0.25, -0.2) is 0 Å². The number of anilines is 1. The fourth-order valence-electron chi connectivity index (χ4n) is 2.23. The summed E-state index contributed by atoms with van der Waals surface area (Å²) < 4.78 is 6.82. The largest absolute Gasteiger partial charge is 0.455 e. The predicted octanol–water partition coefficient (Wildman–Crippen LogP) is 5.64. The van der Waals surface area contributed by atoms with Crippen LogP contribution in [0.5, 0.6) is 11.5 Å². The van der Waals surface area contributed by atoms with E-state index >= 15 is 0 Å². The van der Waals surface area contributed by atoms with E-state index < -0.39 is 0 Å². The molecule has 1 N–H and O–H groups in total. The van der Waals surface area contributed by atoms with Crippen LogP contribution in [0.25, 0.3) is 0 Å². The summed E-state index contributed by atoms with van der Waals surface area (Å²) in [6.45, 7) is 2.03. The van der Waals surface area contributed by atoms with Crippen LogP contribution in [0.3, 0.4) is 0 Å². The highest BCUT2D eigenvalue weighted by Gasteiger charge is 2.12. The first kappa shape index (κ1) is 16.5. The van der Waals surface area contributed by atoms with Crippen molar-refractivity contribution < 1.29 is 9.53 Å². The number of benzene rings is 3. The van der Waals surface area contributed by atoms with Crippen LogP contribution in [-0.2, 0) is 0 Å². The van der Waals surface area contributed by atoms with Crippen LogP contribution in [0.4, 0.5) is 5.69 Å². The summed E-state index contributed by atoms with van der Waals surface area (Å²) in [5, 5.41) is 2.93. The highest BCUT2D eigenvalue weighted by Crippen LogP contribution is 2.30. The number of aryl methyl sites for hydroxylation is 1. The molecular formula is C20H16INO2. The van der Waals surface area contributed by atoms with Gasteiger partial charge < -0.3 is 10.1 Å². The van der Waals surface area contributed by atoms with Gasteiger partial charge in [0.2, 0.25) is 0 Å². The second-order valence-corrected chi connectivity index (χ2v) is 6.51. The van der Waals surface area contributed by atoms with E-state index in [4.69, 9.17) is 4.74 Å². The van der Waals surface area contributed by atoms with Gasteiger partial charge in [-0.3, -0.25) is 4.79 Å². The maximum Gasteiger partial charge on any atom is 0.256 e. The van der Waals surface area contributed by atoms with E-state index in [1.165, 1.54) is 5.56 Å². The van der Waals surface area contributed by atoms with Crippen LogP contribution < -0.4 is 10.1 Å². The number of hydrogen-bond donors (Lipinski definition) is 1. The minimum Gasteiger partial charge on any atom is -0.455 e. The number of amides is 1. The van der Waals surface area contributed by atoms with Crippen LogP contribution in [0.1, 0.15) is 15.9 Å². The highest BCUT2D eigenvalue weighted by molar-refractivity contribution is 14.1. The molecule has 0 aliphatic heterocycles. The summed E-state index contributed by atoms with van der Waals surface area (Å²) in [6.07, 6.45) is 0. The van der Waals surface area contributed by atoms with Gasteiger partial charge in [0.15, 0.2) is 5.75 Å². The van der Waals surface area contributed by atoms with Crippen molar-refractivity contribution in [1.29, 1.82) is 0 Å². The Kier molecular flexibility index (Phi) is 5.15. The third-order valence-corrected chi connectivity index (χ3v) is 4.44. The zero-order valence-corrected chi connectivity index (χ0v) is 15.3. The number of ether oxygens (including phenoxy) is 1. The quantitative estimate of drug-likeness (QED) is 0.545. The number of halogens is 1. The molecule has 0 heterocycles. The molecule has 3 aromatic rings. The van der Waals surface area contributed by atoms with Crippen molar-refractivity contribution >= 4 is 34.2 Å². The van der Waals surface area contributed by atoms with Gasteiger partial charge in [-0.2, -0.15) is 0 Å². The molecule has 0 aliphatic carbocycles. The van der Waals surface area contributed by atoms with E-state index in [0.717, 1.165) is 9.32 Å². The van der Waals surface area contributed by atoms with Crippen LogP contribution in [0.15, 0.2) is 72.8 Å². The van der Waals surface area contributed by atoms with Crippen molar-refractivity contribution in [3.05, 3.63) is 87.5 Å². The monoisotopic (exact) mass is 429 g/mol. The molecule has 0 saturated carbocycles. The van der Waals surface area contributed by atoms with E-state index in [2.05, 4.69) is 27.9 Å². The van der Waals surface area contributed by atoms with E-state index in [1.807, 2.05) is 73.7 Å². The maximum atomic E-state index is 12.5. The van der Waals surface area contributed by atoms with Crippen molar-refractivity contribution in [3.8, 4) is 11.5 Å². The summed E-state index contributed by atoms with van der Waals surface area (Å²) in [5.41, 5.74) is 2.45. The number of rotatable bonds is 4. The molecule has 0 fully saturated rings. The van der Waals surface area contributed by atoms with Crippen molar-refractivity contribution in [1.82, 2.24) is 0 Å². The zero-order valence-electron chi connectivity index (χ0n) is 13.1. The second-order valence-electron chi connectivity index (χ2n) is 5.35. The molecule has 3 nitrogen and oxygen atoms in total. The van der Waals surface area contributed by atoms with E-state index in [9.17, 15) is 4.79 Å². The molecule has 4 heteroatoms. The molecule has 24 heavy (non-hydrogen) atoms. The molecule has 0 saturated heterocycles. The van der Waals surface area contributed by atoms with Crippen LogP contribution in [-0.4, -0.2) is 5.91 Å². The summed E-state index contributed by atoms with van der Waals surface area (Å²) in [7, 11) is 0. The van der Waals surface area contributed by atoms with Crippen LogP contribution >= 0.6 is 22.6 Å². The lowest BCUT2D eigenvalue weighted by Crippen LogP contribution is -2.13.